The van der Waals surface area contributed by atoms with Gasteiger partial charge in [0.05, 0.1) is 5.02 Å². The first kappa shape index (κ1) is 13.2. The SMILES string of the molecule is Cc1ccc(Cl)c(Oc2cc(CCl)cc(C)n2)c1. The molecule has 4 heteroatoms. The van der Waals surface area contributed by atoms with Crippen LogP contribution in [0, 0.1) is 13.8 Å². The molecular formula is C14H13Cl2NO. The van der Waals surface area contributed by atoms with Crippen molar-refractivity contribution in [3.8, 4) is 11.6 Å². The van der Waals surface area contributed by atoms with Crippen LogP contribution in [0.3, 0.4) is 0 Å². The predicted octanol–water partition coefficient (Wildman–Crippen LogP) is 4.88. The zero-order valence-electron chi connectivity index (χ0n) is 10.2. The van der Waals surface area contributed by atoms with Crippen LogP contribution in [0.2, 0.25) is 5.02 Å². The summed E-state index contributed by atoms with van der Waals surface area (Å²) in [5.74, 6) is 1.55. The van der Waals surface area contributed by atoms with Gasteiger partial charge in [0.15, 0.2) is 0 Å². The first-order chi connectivity index (χ1) is 8.58. The van der Waals surface area contributed by atoms with Gasteiger partial charge in [-0.1, -0.05) is 17.7 Å². The topological polar surface area (TPSA) is 22.1 Å². The van der Waals surface area contributed by atoms with Crippen molar-refractivity contribution in [1.29, 1.82) is 0 Å². The van der Waals surface area contributed by atoms with Gasteiger partial charge in [0, 0.05) is 17.6 Å². The third-order valence-corrected chi connectivity index (χ3v) is 3.07. The molecular weight excluding hydrogens is 269 g/mol. The van der Waals surface area contributed by atoms with Crippen molar-refractivity contribution in [3.05, 3.63) is 52.2 Å². The van der Waals surface area contributed by atoms with E-state index in [1.807, 2.05) is 44.2 Å². The molecule has 0 atom stereocenters. The summed E-state index contributed by atoms with van der Waals surface area (Å²) in [6.07, 6.45) is 0. The Morgan fingerprint density at radius 1 is 1.17 bits per heavy atom. The van der Waals surface area contributed by atoms with E-state index in [0.29, 0.717) is 22.5 Å². The minimum Gasteiger partial charge on any atom is -0.437 e. The zero-order chi connectivity index (χ0) is 13.1. The van der Waals surface area contributed by atoms with Crippen molar-refractivity contribution < 1.29 is 4.74 Å². The molecule has 0 unspecified atom stereocenters. The van der Waals surface area contributed by atoms with E-state index in [1.165, 1.54) is 0 Å². The van der Waals surface area contributed by atoms with E-state index in [1.54, 1.807) is 0 Å². The molecule has 0 amide bonds. The maximum absolute atomic E-state index is 6.08. The van der Waals surface area contributed by atoms with Crippen LogP contribution in [-0.2, 0) is 5.88 Å². The highest BCUT2D eigenvalue weighted by atomic mass is 35.5. The van der Waals surface area contributed by atoms with Gasteiger partial charge in [0.25, 0.3) is 0 Å². The summed E-state index contributed by atoms with van der Waals surface area (Å²) in [5.41, 5.74) is 2.93. The molecule has 2 nitrogen and oxygen atoms in total. The van der Waals surface area contributed by atoms with E-state index >= 15 is 0 Å². The number of nitrogens with zero attached hydrogens (tertiary/aromatic N) is 1. The second-order valence-electron chi connectivity index (χ2n) is 4.12. The Morgan fingerprint density at radius 2 is 1.94 bits per heavy atom. The highest BCUT2D eigenvalue weighted by molar-refractivity contribution is 6.32. The molecule has 0 radical (unpaired) electrons. The Bertz CT molecular complexity index is 570. The lowest BCUT2D eigenvalue weighted by molar-refractivity contribution is 0.461. The monoisotopic (exact) mass is 281 g/mol. The summed E-state index contributed by atoms with van der Waals surface area (Å²) in [6, 6.07) is 9.37. The number of ether oxygens (including phenoxy) is 1. The van der Waals surface area contributed by atoms with Gasteiger partial charge in [-0.2, -0.15) is 0 Å². The van der Waals surface area contributed by atoms with Crippen molar-refractivity contribution in [2.75, 3.05) is 0 Å². The Balaban J connectivity index is 2.33. The number of rotatable bonds is 3. The van der Waals surface area contributed by atoms with Crippen molar-refractivity contribution in [3.63, 3.8) is 0 Å². The van der Waals surface area contributed by atoms with Crippen molar-refractivity contribution >= 4 is 23.2 Å². The number of pyridine rings is 1. The third-order valence-electron chi connectivity index (χ3n) is 2.45. The highest BCUT2D eigenvalue weighted by Crippen LogP contribution is 2.30. The molecule has 0 aliphatic heterocycles. The van der Waals surface area contributed by atoms with Gasteiger partial charge in [-0.25, -0.2) is 4.98 Å². The Hall–Kier alpha value is -1.25. The molecule has 0 N–H and O–H groups in total. The zero-order valence-corrected chi connectivity index (χ0v) is 11.7. The number of aryl methyl sites for hydroxylation is 2. The van der Waals surface area contributed by atoms with Gasteiger partial charge < -0.3 is 4.74 Å². The minimum absolute atomic E-state index is 0.432. The molecule has 0 aliphatic carbocycles. The summed E-state index contributed by atoms with van der Waals surface area (Å²) in [6.45, 7) is 3.89. The second-order valence-corrected chi connectivity index (χ2v) is 4.80. The van der Waals surface area contributed by atoms with Gasteiger partial charge in [-0.3, -0.25) is 0 Å². The molecule has 0 spiro atoms. The fraction of sp³-hybridized carbons (Fsp3) is 0.214. The van der Waals surface area contributed by atoms with Gasteiger partial charge in [0.1, 0.15) is 5.75 Å². The van der Waals surface area contributed by atoms with Crippen LogP contribution in [0.25, 0.3) is 0 Å². The quantitative estimate of drug-likeness (QED) is 0.748. The fourth-order valence-corrected chi connectivity index (χ4v) is 1.95. The molecule has 1 aromatic carbocycles. The Kier molecular flexibility index (Phi) is 4.10. The van der Waals surface area contributed by atoms with Crippen LogP contribution in [0.4, 0.5) is 0 Å². The van der Waals surface area contributed by atoms with E-state index < -0.39 is 0 Å². The largest absolute Gasteiger partial charge is 0.437 e. The van der Waals surface area contributed by atoms with Crippen LogP contribution in [0.1, 0.15) is 16.8 Å². The van der Waals surface area contributed by atoms with E-state index in [4.69, 9.17) is 27.9 Å². The molecule has 94 valence electrons. The summed E-state index contributed by atoms with van der Waals surface area (Å²) >= 11 is 11.9. The van der Waals surface area contributed by atoms with Gasteiger partial charge in [-0.05, 0) is 43.2 Å². The fourth-order valence-electron chi connectivity index (χ4n) is 1.64. The average Bonchev–Trinajstić information content (AvgIpc) is 2.33. The number of benzene rings is 1. The first-order valence-electron chi connectivity index (χ1n) is 5.56. The highest BCUT2D eigenvalue weighted by Gasteiger charge is 2.06. The number of halogens is 2. The number of hydrogen-bond donors (Lipinski definition) is 0. The molecule has 18 heavy (non-hydrogen) atoms. The van der Waals surface area contributed by atoms with Crippen LogP contribution in [0.5, 0.6) is 11.6 Å². The lowest BCUT2D eigenvalue weighted by Gasteiger charge is -2.09. The van der Waals surface area contributed by atoms with Gasteiger partial charge in [0.2, 0.25) is 5.88 Å². The molecule has 2 rings (SSSR count). The normalized spacial score (nSPS) is 10.4. The molecule has 0 saturated carbocycles. The van der Waals surface area contributed by atoms with E-state index in [-0.39, 0.29) is 0 Å². The molecule has 2 aromatic rings. The molecule has 0 fully saturated rings. The molecule has 0 bridgehead atoms. The first-order valence-corrected chi connectivity index (χ1v) is 6.47. The average molecular weight is 282 g/mol. The van der Waals surface area contributed by atoms with Gasteiger partial charge in [-0.15, -0.1) is 11.6 Å². The van der Waals surface area contributed by atoms with Crippen molar-refractivity contribution in [2.24, 2.45) is 0 Å². The summed E-state index contributed by atoms with van der Waals surface area (Å²) < 4.78 is 5.71. The molecule has 1 aromatic heterocycles. The van der Waals surface area contributed by atoms with E-state index in [9.17, 15) is 0 Å². The Labute approximate surface area is 117 Å². The van der Waals surface area contributed by atoms with Crippen LogP contribution in [-0.4, -0.2) is 4.98 Å². The predicted molar refractivity (Wildman–Crippen MR) is 74.8 cm³/mol. The lowest BCUT2D eigenvalue weighted by atomic mass is 10.2. The molecule has 0 saturated heterocycles. The molecule has 0 aliphatic rings. The Morgan fingerprint density at radius 3 is 2.67 bits per heavy atom. The van der Waals surface area contributed by atoms with Crippen LogP contribution in [0.15, 0.2) is 30.3 Å². The van der Waals surface area contributed by atoms with E-state index in [2.05, 4.69) is 4.98 Å². The third kappa shape index (κ3) is 3.15. The smallest absolute Gasteiger partial charge is 0.219 e. The number of hydrogen-bond acceptors (Lipinski definition) is 2. The lowest BCUT2D eigenvalue weighted by Crippen LogP contribution is -1.93. The maximum atomic E-state index is 6.08. The van der Waals surface area contributed by atoms with Crippen molar-refractivity contribution in [2.45, 2.75) is 19.7 Å². The van der Waals surface area contributed by atoms with E-state index in [0.717, 1.165) is 16.8 Å². The van der Waals surface area contributed by atoms with Crippen LogP contribution >= 0.6 is 23.2 Å². The number of alkyl halides is 1. The number of aromatic nitrogens is 1. The standard InChI is InChI=1S/C14H13Cl2NO/c1-9-3-4-12(16)13(5-9)18-14-7-11(8-15)6-10(2)17-14/h3-7H,8H2,1-2H3. The molecule has 1 heterocycles. The minimum atomic E-state index is 0.432. The summed E-state index contributed by atoms with van der Waals surface area (Å²) in [7, 11) is 0. The van der Waals surface area contributed by atoms with Crippen molar-refractivity contribution in [1.82, 2.24) is 4.98 Å². The van der Waals surface area contributed by atoms with Crippen LogP contribution < -0.4 is 4.74 Å². The van der Waals surface area contributed by atoms with Gasteiger partial charge >= 0.3 is 0 Å². The summed E-state index contributed by atoms with van der Waals surface area (Å²) in [4.78, 5) is 4.31. The second kappa shape index (κ2) is 5.59. The maximum Gasteiger partial charge on any atom is 0.219 e. The summed E-state index contributed by atoms with van der Waals surface area (Å²) in [5, 5.41) is 0.566.